The number of likely N-dealkylation sites (tertiary alicyclic amines) is 1. The standard InChI is InChI=1S/C18H19N5O3S/c1-11-17(23(25)26)12(2)22(20-11)10-16(24)21-9-5-7-14(21)18-19-13-6-3-4-8-15(13)27-18/h3-4,6,8,14H,5,7,9-10H2,1-2H3. The van der Waals surface area contributed by atoms with E-state index in [1.165, 1.54) is 4.68 Å². The van der Waals surface area contributed by atoms with Gasteiger partial charge in [-0.05, 0) is 38.8 Å². The Hall–Kier alpha value is -2.81. The molecular formula is C18H19N5O3S. The van der Waals surface area contributed by atoms with E-state index in [1.807, 2.05) is 29.2 Å². The number of para-hydroxylation sites is 1. The van der Waals surface area contributed by atoms with Gasteiger partial charge in [-0.25, -0.2) is 4.98 Å². The molecule has 9 heteroatoms. The lowest BCUT2D eigenvalue weighted by molar-refractivity contribution is -0.386. The predicted molar refractivity (Wildman–Crippen MR) is 102 cm³/mol. The molecule has 0 saturated carbocycles. The summed E-state index contributed by atoms with van der Waals surface area (Å²) < 4.78 is 2.55. The molecule has 3 aromatic rings. The number of aromatic nitrogens is 3. The van der Waals surface area contributed by atoms with E-state index in [9.17, 15) is 14.9 Å². The van der Waals surface area contributed by atoms with Crippen LogP contribution in [0.1, 0.15) is 35.3 Å². The first-order valence-electron chi connectivity index (χ1n) is 8.79. The highest BCUT2D eigenvalue weighted by Crippen LogP contribution is 2.36. The van der Waals surface area contributed by atoms with Gasteiger partial charge in [0, 0.05) is 6.54 Å². The van der Waals surface area contributed by atoms with Gasteiger partial charge in [-0.15, -0.1) is 11.3 Å². The van der Waals surface area contributed by atoms with Gasteiger partial charge in [-0.2, -0.15) is 5.10 Å². The molecule has 1 aliphatic heterocycles. The van der Waals surface area contributed by atoms with Gasteiger partial charge in [0.25, 0.3) is 0 Å². The van der Waals surface area contributed by atoms with E-state index < -0.39 is 4.92 Å². The molecule has 8 nitrogen and oxygen atoms in total. The number of fused-ring (bicyclic) bond motifs is 1. The van der Waals surface area contributed by atoms with E-state index in [2.05, 4.69) is 5.10 Å². The minimum atomic E-state index is -0.446. The average molecular weight is 385 g/mol. The van der Waals surface area contributed by atoms with Gasteiger partial charge >= 0.3 is 5.69 Å². The molecule has 2 aromatic heterocycles. The Morgan fingerprint density at radius 3 is 2.85 bits per heavy atom. The number of thiazole rings is 1. The fourth-order valence-electron chi connectivity index (χ4n) is 3.68. The molecule has 3 heterocycles. The van der Waals surface area contributed by atoms with E-state index in [0.717, 1.165) is 28.1 Å². The lowest BCUT2D eigenvalue weighted by Crippen LogP contribution is -2.33. The van der Waals surface area contributed by atoms with Gasteiger partial charge in [0.15, 0.2) is 0 Å². The Labute approximate surface area is 159 Å². The van der Waals surface area contributed by atoms with Crippen molar-refractivity contribution in [2.75, 3.05) is 6.54 Å². The van der Waals surface area contributed by atoms with Crippen molar-refractivity contribution in [2.24, 2.45) is 0 Å². The quantitative estimate of drug-likeness (QED) is 0.507. The predicted octanol–water partition coefficient (Wildman–Crippen LogP) is 3.38. The zero-order chi connectivity index (χ0) is 19.1. The number of carbonyl (C=O) groups is 1. The maximum absolute atomic E-state index is 12.9. The monoisotopic (exact) mass is 385 g/mol. The van der Waals surface area contributed by atoms with Crippen LogP contribution < -0.4 is 0 Å². The topological polar surface area (TPSA) is 94.2 Å². The zero-order valence-electron chi connectivity index (χ0n) is 15.1. The van der Waals surface area contributed by atoms with Gasteiger partial charge in [0.05, 0.1) is 21.2 Å². The first-order valence-corrected chi connectivity index (χ1v) is 9.60. The first kappa shape index (κ1) is 17.6. The highest BCUT2D eigenvalue weighted by atomic mass is 32.1. The van der Waals surface area contributed by atoms with E-state index in [0.29, 0.717) is 17.9 Å². The first-order chi connectivity index (χ1) is 13.0. The Morgan fingerprint density at radius 1 is 1.37 bits per heavy atom. The van der Waals surface area contributed by atoms with Crippen LogP contribution in [-0.4, -0.2) is 37.0 Å². The van der Waals surface area contributed by atoms with Crippen LogP contribution in [0.25, 0.3) is 10.2 Å². The van der Waals surface area contributed by atoms with Crippen molar-refractivity contribution < 1.29 is 9.72 Å². The Morgan fingerprint density at radius 2 is 2.15 bits per heavy atom. The molecule has 0 aliphatic carbocycles. The number of hydrogen-bond donors (Lipinski definition) is 0. The fourth-order valence-corrected chi connectivity index (χ4v) is 4.79. The number of hydrogen-bond acceptors (Lipinski definition) is 6. The molecule has 0 N–H and O–H groups in total. The minimum absolute atomic E-state index is 0.00189. The van der Waals surface area contributed by atoms with E-state index in [-0.39, 0.29) is 24.2 Å². The fraction of sp³-hybridized carbons (Fsp3) is 0.389. The molecule has 1 saturated heterocycles. The molecule has 0 radical (unpaired) electrons. The molecular weight excluding hydrogens is 366 g/mol. The van der Waals surface area contributed by atoms with Gasteiger partial charge in [0.2, 0.25) is 5.91 Å². The molecule has 1 unspecified atom stereocenters. The summed E-state index contributed by atoms with van der Waals surface area (Å²) in [5.41, 5.74) is 1.66. The minimum Gasteiger partial charge on any atom is -0.332 e. The summed E-state index contributed by atoms with van der Waals surface area (Å²) in [5.74, 6) is -0.0859. The highest BCUT2D eigenvalue weighted by Gasteiger charge is 2.33. The van der Waals surface area contributed by atoms with Crippen molar-refractivity contribution in [3.8, 4) is 0 Å². The van der Waals surface area contributed by atoms with Crippen molar-refractivity contribution in [3.05, 3.63) is 50.8 Å². The summed E-state index contributed by atoms with van der Waals surface area (Å²) >= 11 is 1.62. The summed E-state index contributed by atoms with van der Waals surface area (Å²) in [6, 6.07) is 7.91. The van der Waals surface area contributed by atoms with Gasteiger partial charge in [-0.3, -0.25) is 19.6 Å². The molecule has 27 heavy (non-hydrogen) atoms. The van der Waals surface area contributed by atoms with Crippen molar-refractivity contribution in [2.45, 2.75) is 39.3 Å². The van der Waals surface area contributed by atoms with Crippen molar-refractivity contribution in [1.29, 1.82) is 0 Å². The second kappa shape index (κ2) is 6.73. The normalized spacial score (nSPS) is 17.0. The number of nitrogens with zero attached hydrogens (tertiary/aromatic N) is 5. The number of rotatable bonds is 4. The van der Waals surface area contributed by atoms with E-state index in [4.69, 9.17) is 4.98 Å². The van der Waals surface area contributed by atoms with Crippen LogP contribution in [-0.2, 0) is 11.3 Å². The Bertz CT molecular complexity index is 1010. The molecule has 1 amide bonds. The second-order valence-electron chi connectivity index (χ2n) is 6.70. The van der Waals surface area contributed by atoms with E-state index >= 15 is 0 Å². The second-order valence-corrected chi connectivity index (χ2v) is 7.76. The summed E-state index contributed by atoms with van der Waals surface area (Å²) in [7, 11) is 0. The van der Waals surface area contributed by atoms with Gasteiger partial charge in [0.1, 0.15) is 22.9 Å². The highest BCUT2D eigenvalue weighted by molar-refractivity contribution is 7.18. The maximum Gasteiger partial charge on any atom is 0.312 e. The molecule has 1 atom stereocenters. The molecule has 1 aromatic carbocycles. The summed E-state index contributed by atoms with van der Waals surface area (Å²) in [6.07, 6.45) is 1.80. The van der Waals surface area contributed by atoms with Crippen LogP contribution in [0.2, 0.25) is 0 Å². The molecule has 4 rings (SSSR count). The lowest BCUT2D eigenvalue weighted by atomic mass is 10.2. The smallest absolute Gasteiger partial charge is 0.312 e. The molecule has 140 valence electrons. The summed E-state index contributed by atoms with van der Waals surface area (Å²) in [4.78, 5) is 30.2. The Balaban J connectivity index is 1.58. The third-order valence-electron chi connectivity index (χ3n) is 4.98. The van der Waals surface area contributed by atoms with Crippen LogP contribution in [0.4, 0.5) is 5.69 Å². The van der Waals surface area contributed by atoms with E-state index in [1.54, 1.807) is 25.2 Å². The van der Waals surface area contributed by atoms with Gasteiger partial charge < -0.3 is 4.90 Å². The lowest BCUT2D eigenvalue weighted by Gasteiger charge is -2.23. The largest absolute Gasteiger partial charge is 0.332 e. The average Bonchev–Trinajstić information content (AvgIpc) is 3.32. The van der Waals surface area contributed by atoms with Crippen molar-refractivity contribution >= 4 is 33.1 Å². The number of carbonyl (C=O) groups excluding carboxylic acids is 1. The van der Waals surface area contributed by atoms with Crippen LogP contribution in [0.3, 0.4) is 0 Å². The van der Waals surface area contributed by atoms with Crippen molar-refractivity contribution in [1.82, 2.24) is 19.7 Å². The molecule has 1 aliphatic rings. The van der Waals surface area contributed by atoms with Crippen LogP contribution in [0.5, 0.6) is 0 Å². The number of nitro groups is 1. The number of aryl methyl sites for hydroxylation is 1. The molecule has 0 spiro atoms. The van der Waals surface area contributed by atoms with Crippen LogP contribution in [0.15, 0.2) is 24.3 Å². The Kier molecular flexibility index (Phi) is 4.39. The third kappa shape index (κ3) is 3.08. The number of amides is 1. The molecule has 1 fully saturated rings. The summed E-state index contributed by atoms with van der Waals surface area (Å²) in [6.45, 7) is 3.88. The summed E-state index contributed by atoms with van der Waals surface area (Å²) in [5, 5.41) is 16.3. The van der Waals surface area contributed by atoms with Crippen molar-refractivity contribution in [3.63, 3.8) is 0 Å². The van der Waals surface area contributed by atoms with Gasteiger partial charge in [-0.1, -0.05) is 12.1 Å². The SMILES string of the molecule is Cc1nn(CC(=O)N2CCCC2c2nc3ccccc3s2)c(C)c1[N+](=O)[O-]. The molecule has 0 bridgehead atoms. The van der Waals surface area contributed by atoms with Crippen LogP contribution in [0, 0.1) is 24.0 Å². The van der Waals surface area contributed by atoms with Crippen LogP contribution >= 0.6 is 11.3 Å². The third-order valence-corrected chi connectivity index (χ3v) is 6.12. The zero-order valence-corrected chi connectivity index (χ0v) is 15.9. The number of benzene rings is 1. The maximum atomic E-state index is 12.9.